The van der Waals surface area contributed by atoms with Crippen LogP contribution in [0.4, 0.5) is 11.4 Å². The highest BCUT2D eigenvalue weighted by molar-refractivity contribution is 7.16. The summed E-state index contributed by atoms with van der Waals surface area (Å²) in [5, 5.41) is 4.31. The van der Waals surface area contributed by atoms with Crippen LogP contribution in [0.15, 0.2) is 101 Å². The first-order valence-corrected chi connectivity index (χ1v) is 9.69. The van der Waals surface area contributed by atoms with Crippen LogP contribution in [0.5, 0.6) is 0 Å². The van der Waals surface area contributed by atoms with Gasteiger partial charge in [0.25, 0.3) is 5.71 Å². The number of nitrogens with one attached hydrogen (secondary N) is 1. The van der Waals surface area contributed by atoms with Gasteiger partial charge in [-0.05, 0) is 24.3 Å². The second-order valence-corrected chi connectivity index (χ2v) is 7.15. The Morgan fingerprint density at radius 1 is 0.821 bits per heavy atom. The van der Waals surface area contributed by atoms with Gasteiger partial charge >= 0.3 is 0 Å². The third-order valence-corrected chi connectivity index (χ3v) is 5.29. The van der Waals surface area contributed by atoms with Crippen molar-refractivity contribution in [3.63, 3.8) is 0 Å². The molecule has 5 rings (SSSR count). The maximum atomic E-state index is 5.73. The Hall–Kier alpha value is -3.64. The zero-order valence-electron chi connectivity index (χ0n) is 14.8. The summed E-state index contributed by atoms with van der Waals surface area (Å²) in [5.74, 6) is 0. The van der Waals surface area contributed by atoms with Crippen LogP contribution < -0.4 is 10.2 Å². The average molecular weight is 384 g/mol. The quantitative estimate of drug-likeness (QED) is 0.447. The molecule has 0 aliphatic heterocycles. The van der Waals surface area contributed by atoms with Crippen molar-refractivity contribution in [2.75, 3.05) is 5.43 Å². The summed E-state index contributed by atoms with van der Waals surface area (Å²) < 4.78 is 8.52. The van der Waals surface area contributed by atoms with Crippen LogP contribution in [0.2, 0.25) is 0 Å². The van der Waals surface area contributed by atoms with Crippen LogP contribution in [0.3, 0.4) is 0 Å². The monoisotopic (exact) mass is 384 g/mol. The number of nitrogens with zero attached hydrogens (tertiary/aromatic N) is 3. The Morgan fingerprint density at radius 2 is 1.46 bits per heavy atom. The van der Waals surface area contributed by atoms with Crippen LogP contribution in [-0.2, 0) is 0 Å². The number of aromatic nitrogens is 2. The molecule has 0 aliphatic carbocycles. The lowest BCUT2D eigenvalue weighted by Gasteiger charge is -2.06. The van der Waals surface area contributed by atoms with Gasteiger partial charge in [0.05, 0.1) is 11.4 Å². The molecule has 0 spiro atoms. The molecule has 136 valence electrons. The van der Waals surface area contributed by atoms with E-state index in [-0.39, 0.29) is 0 Å². The lowest BCUT2D eigenvalue weighted by molar-refractivity contribution is 0.442. The number of hydrogen-bond acceptors (Lipinski definition) is 5. The molecule has 0 atom stereocenters. The van der Waals surface area contributed by atoms with Gasteiger partial charge in [0.2, 0.25) is 4.80 Å². The maximum Gasteiger partial charge on any atom is 0.270 e. The van der Waals surface area contributed by atoms with Crippen molar-refractivity contribution in [2.45, 2.75) is 0 Å². The van der Waals surface area contributed by atoms with Crippen molar-refractivity contribution in [2.24, 2.45) is 4.99 Å². The summed E-state index contributed by atoms with van der Waals surface area (Å²) in [4.78, 5) is 5.59. The van der Waals surface area contributed by atoms with Crippen LogP contribution in [0.1, 0.15) is 0 Å². The van der Waals surface area contributed by atoms with Crippen molar-refractivity contribution in [1.82, 2.24) is 9.83 Å². The molecule has 5 nitrogen and oxygen atoms in total. The molecule has 0 saturated carbocycles. The second-order valence-electron chi connectivity index (χ2n) is 6.18. The minimum atomic E-state index is 0.641. The Morgan fingerprint density at radius 3 is 2.18 bits per heavy atom. The van der Waals surface area contributed by atoms with Crippen LogP contribution >= 0.6 is 11.3 Å². The summed E-state index contributed by atoms with van der Waals surface area (Å²) in [6.07, 6.45) is 0. The first-order valence-electron chi connectivity index (χ1n) is 8.87. The molecule has 0 fully saturated rings. The average Bonchev–Trinajstić information content (AvgIpc) is 3.30. The molecule has 0 radical (unpaired) electrons. The molecular formula is C22H16N4OS. The van der Waals surface area contributed by atoms with E-state index in [2.05, 4.69) is 10.6 Å². The van der Waals surface area contributed by atoms with Gasteiger partial charge in [0.1, 0.15) is 10.4 Å². The lowest BCUT2D eigenvalue weighted by atomic mass is 10.2. The highest BCUT2D eigenvalue weighted by Gasteiger charge is 2.18. The van der Waals surface area contributed by atoms with Gasteiger partial charge in [-0.15, -0.1) is 0 Å². The van der Waals surface area contributed by atoms with Gasteiger partial charge in [-0.1, -0.05) is 83.2 Å². The van der Waals surface area contributed by atoms with E-state index in [0.29, 0.717) is 5.71 Å². The first-order chi connectivity index (χ1) is 13.9. The van der Waals surface area contributed by atoms with E-state index in [9.17, 15) is 0 Å². The maximum absolute atomic E-state index is 5.73. The zero-order valence-corrected chi connectivity index (χ0v) is 15.6. The molecule has 28 heavy (non-hydrogen) atoms. The molecule has 6 heteroatoms. The molecular weight excluding hydrogens is 368 g/mol. The summed E-state index contributed by atoms with van der Waals surface area (Å²) >= 11 is 1.54. The molecule has 0 saturated heterocycles. The normalized spacial score (nSPS) is 11.8. The molecule has 0 amide bonds. The zero-order chi connectivity index (χ0) is 18.8. The van der Waals surface area contributed by atoms with Crippen LogP contribution in [-0.4, -0.2) is 9.83 Å². The molecule has 0 bridgehead atoms. The predicted molar refractivity (Wildman–Crippen MR) is 112 cm³/mol. The fraction of sp³-hybridized carbons (Fsp3) is 0. The summed E-state index contributed by atoms with van der Waals surface area (Å²) in [5.41, 5.74) is 7.67. The Bertz CT molecular complexity index is 1270. The van der Waals surface area contributed by atoms with Crippen molar-refractivity contribution in [1.29, 1.82) is 0 Å². The molecule has 0 unspecified atom stereocenters. The highest BCUT2D eigenvalue weighted by atomic mass is 32.1. The molecule has 5 aromatic rings. The highest BCUT2D eigenvalue weighted by Crippen LogP contribution is 2.30. The van der Waals surface area contributed by atoms with Gasteiger partial charge < -0.3 is 4.52 Å². The van der Waals surface area contributed by atoms with E-state index in [4.69, 9.17) is 9.52 Å². The van der Waals surface area contributed by atoms with Crippen LogP contribution in [0.25, 0.3) is 21.7 Å². The van der Waals surface area contributed by atoms with E-state index in [1.165, 1.54) is 0 Å². The van der Waals surface area contributed by atoms with Crippen molar-refractivity contribution < 1.29 is 4.52 Å². The van der Waals surface area contributed by atoms with E-state index in [1.807, 2.05) is 95.7 Å². The largest absolute Gasteiger partial charge is 0.334 e. The molecule has 0 aliphatic rings. The first kappa shape index (κ1) is 16.5. The van der Waals surface area contributed by atoms with Gasteiger partial charge in [0.15, 0.2) is 0 Å². The SMILES string of the molecule is c1ccc(N=c2sc3c(-c4ccccc4)noc3n2Nc2ccccc2)cc1. The number of benzene rings is 3. The van der Waals surface area contributed by atoms with E-state index in [1.54, 1.807) is 11.3 Å². The number of para-hydroxylation sites is 2. The molecule has 1 N–H and O–H groups in total. The van der Waals surface area contributed by atoms with Gasteiger partial charge in [-0.25, -0.2) is 4.99 Å². The second kappa shape index (κ2) is 7.17. The minimum Gasteiger partial charge on any atom is -0.334 e. The van der Waals surface area contributed by atoms with E-state index >= 15 is 0 Å². The van der Waals surface area contributed by atoms with E-state index in [0.717, 1.165) is 32.1 Å². The summed E-state index contributed by atoms with van der Waals surface area (Å²) in [7, 11) is 0. The number of rotatable bonds is 4. The van der Waals surface area contributed by atoms with E-state index < -0.39 is 0 Å². The third-order valence-electron chi connectivity index (χ3n) is 4.26. The van der Waals surface area contributed by atoms with Gasteiger partial charge in [-0.2, -0.15) is 4.68 Å². The fourth-order valence-corrected chi connectivity index (χ4v) is 3.96. The topological polar surface area (TPSA) is 55.4 Å². The summed E-state index contributed by atoms with van der Waals surface area (Å²) in [6, 6.07) is 29.9. The van der Waals surface area contributed by atoms with Crippen molar-refractivity contribution in [3.05, 3.63) is 95.8 Å². The standard InChI is InChI=1S/C22H16N4OS/c1-4-10-16(11-5-1)19-20-21(27-25-19)26(24-18-14-8-3-9-15-18)22(28-20)23-17-12-6-2-7-13-17/h1-15,24H. The predicted octanol–water partition coefficient (Wildman–Crippen LogP) is 5.47. The number of fused-ring (bicyclic) bond motifs is 1. The molecule has 3 aromatic carbocycles. The number of anilines is 1. The fourth-order valence-electron chi connectivity index (χ4n) is 2.94. The van der Waals surface area contributed by atoms with Gasteiger partial charge in [-0.3, -0.25) is 5.43 Å². The van der Waals surface area contributed by atoms with Crippen molar-refractivity contribution in [3.8, 4) is 11.3 Å². The third kappa shape index (κ3) is 3.10. The van der Waals surface area contributed by atoms with Crippen molar-refractivity contribution >= 4 is 33.1 Å². The Labute approximate surface area is 165 Å². The molecule has 2 heterocycles. The number of thiazole rings is 1. The molecule has 2 aromatic heterocycles. The number of hydrogen-bond donors (Lipinski definition) is 1. The lowest BCUT2D eigenvalue weighted by Crippen LogP contribution is -2.21. The van der Waals surface area contributed by atoms with Gasteiger partial charge in [0, 0.05) is 5.56 Å². The smallest absolute Gasteiger partial charge is 0.270 e. The summed E-state index contributed by atoms with van der Waals surface area (Å²) in [6.45, 7) is 0. The minimum absolute atomic E-state index is 0.641. The Kier molecular flexibility index (Phi) is 4.23. The Balaban J connectivity index is 1.72. The van der Waals surface area contributed by atoms with Crippen LogP contribution in [0, 0.1) is 0 Å².